The Morgan fingerprint density at radius 1 is 0.571 bits per heavy atom. The maximum absolute atomic E-state index is 10.2. The van der Waals surface area contributed by atoms with E-state index in [-0.39, 0.29) is 5.41 Å². The minimum absolute atomic E-state index is 0.0293. The largest absolute Gasteiger partial charge is 0.208 e. The third-order valence-corrected chi connectivity index (χ3v) is 10.7. The van der Waals surface area contributed by atoms with E-state index in [1.54, 1.807) is 0 Å². The monoisotopic (exact) mass is 542 g/mol. The Hall–Kier alpha value is -4.62. The van der Waals surface area contributed by atoms with E-state index >= 15 is 0 Å². The Morgan fingerprint density at radius 3 is 1.71 bits per heavy atom. The van der Waals surface area contributed by atoms with Crippen LogP contribution in [0.4, 0.5) is 0 Å². The number of aromatic nitrogens is 3. The lowest BCUT2D eigenvalue weighted by Crippen LogP contribution is -2.55. The first-order chi connectivity index (χ1) is 20.7. The predicted octanol–water partition coefficient (Wildman–Crippen LogP) is 8.47. The van der Waals surface area contributed by atoms with Gasteiger partial charge in [0.15, 0.2) is 17.5 Å². The van der Waals surface area contributed by atoms with Gasteiger partial charge in [0, 0.05) is 27.7 Å². The van der Waals surface area contributed by atoms with Crippen LogP contribution in [0.5, 0.6) is 0 Å². The second-order valence-corrected chi connectivity index (χ2v) is 12.8. The summed E-state index contributed by atoms with van der Waals surface area (Å²) < 4.78 is 0. The summed E-state index contributed by atoms with van der Waals surface area (Å²) in [6.07, 6.45) is 6.62. The van der Waals surface area contributed by atoms with E-state index in [0.717, 1.165) is 34.1 Å². The number of hydrogen-bond acceptors (Lipinski definition) is 4. The van der Waals surface area contributed by atoms with Crippen LogP contribution in [0, 0.1) is 35.0 Å². The molecule has 4 aromatic carbocycles. The quantitative estimate of drug-likeness (QED) is 0.229. The van der Waals surface area contributed by atoms with Gasteiger partial charge in [-0.15, -0.1) is 0 Å². The van der Waals surface area contributed by atoms with Crippen molar-refractivity contribution < 1.29 is 0 Å². The van der Waals surface area contributed by atoms with Crippen LogP contribution in [0.3, 0.4) is 0 Å². The molecule has 202 valence electrons. The minimum Gasteiger partial charge on any atom is -0.208 e. The van der Waals surface area contributed by atoms with Gasteiger partial charge in [-0.25, -0.2) is 15.0 Å². The molecule has 4 saturated carbocycles. The number of rotatable bonds is 3. The molecule has 0 atom stereocenters. The summed E-state index contributed by atoms with van der Waals surface area (Å²) in [6, 6.07) is 36.1. The molecular weight excluding hydrogens is 512 g/mol. The van der Waals surface area contributed by atoms with Gasteiger partial charge in [0.1, 0.15) is 0 Å². The van der Waals surface area contributed by atoms with Crippen molar-refractivity contribution in [3.05, 3.63) is 114 Å². The first kappa shape index (κ1) is 24.0. The summed E-state index contributed by atoms with van der Waals surface area (Å²) in [7, 11) is 0. The highest BCUT2D eigenvalue weighted by Crippen LogP contribution is 2.69. The molecule has 1 heterocycles. The Labute approximate surface area is 246 Å². The lowest BCUT2D eigenvalue weighted by atomic mass is 9.43. The highest BCUT2D eigenvalue weighted by molar-refractivity contribution is 5.87. The zero-order valence-corrected chi connectivity index (χ0v) is 23.4. The van der Waals surface area contributed by atoms with E-state index in [2.05, 4.69) is 60.7 Å². The Morgan fingerprint density at radius 2 is 1.14 bits per heavy atom. The van der Waals surface area contributed by atoms with Gasteiger partial charge in [0.05, 0.1) is 11.6 Å². The summed E-state index contributed by atoms with van der Waals surface area (Å²) in [6.45, 7) is 0. The number of fused-ring (bicyclic) bond motifs is 3. The lowest BCUT2D eigenvalue weighted by molar-refractivity contribution is -0.0399. The Bertz CT molecular complexity index is 1820. The van der Waals surface area contributed by atoms with Gasteiger partial charge in [0.2, 0.25) is 0 Å². The zero-order chi connectivity index (χ0) is 27.8. The summed E-state index contributed by atoms with van der Waals surface area (Å²) in [5, 5.41) is 10.2. The van der Waals surface area contributed by atoms with Crippen LogP contribution < -0.4 is 0 Å². The topological polar surface area (TPSA) is 62.5 Å². The molecule has 1 aromatic heterocycles. The van der Waals surface area contributed by atoms with Crippen molar-refractivity contribution >= 4 is 0 Å². The molecule has 0 radical (unpaired) electrons. The van der Waals surface area contributed by atoms with Crippen molar-refractivity contribution in [3.8, 4) is 51.4 Å². The van der Waals surface area contributed by atoms with E-state index in [1.165, 1.54) is 54.4 Å². The van der Waals surface area contributed by atoms with Gasteiger partial charge in [0.25, 0.3) is 0 Å². The molecule has 0 amide bonds. The molecule has 4 nitrogen and oxygen atoms in total. The van der Waals surface area contributed by atoms with E-state index < -0.39 is 0 Å². The summed E-state index contributed by atoms with van der Waals surface area (Å²) in [5.41, 5.74) is 8.93. The normalized spacial score (nSPS) is 26.2. The van der Waals surface area contributed by atoms with Gasteiger partial charge < -0.3 is 0 Å². The summed E-state index contributed by atoms with van der Waals surface area (Å²) in [5.74, 6) is 5.02. The van der Waals surface area contributed by atoms with Crippen LogP contribution in [0.25, 0.3) is 45.3 Å². The second kappa shape index (κ2) is 8.94. The number of nitrogens with zero attached hydrogens (tertiary/aromatic N) is 4. The fraction of sp³-hybridized carbons (Fsp3) is 0.263. The van der Waals surface area contributed by atoms with E-state index in [9.17, 15) is 5.26 Å². The van der Waals surface area contributed by atoms with Crippen molar-refractivity contribution in [2.75, 3.05) is 0 Å². The van der Waals surface area contributed by atoms with E-state index in [1.807, 2.05) is 42.5 Å². The average molecular weight is 543 g/mol. The van der Waals surface area contributed by atoms with Gasteiger partial charge in [-0.1, -0.05) is 84.9 Å². The molecule has 0 unspecified atom stereocenters. The molecule has 4 heteroatoms. The summed E-state index contributed by atoms with van der Waals surface area (Å²) in [4.78, 5) is 15.0. The number of hydrogen-bond donors (Lipinski definition) is 0. The number of benzene rings is 4. The molecule has 1 spiro atoms. The first-order valence-corrected chi connectivity index (χ1v) is 15.3. The van der Waals surface area contributed by atoms with Gasteiger partial charge in [-0.05, 0) is 84.6 Å². The molecule has 0 N–H and O–H groups in total. The van der Waals surface area contributed by atoms with Crippen molar-refractivity contribution in [2.45, 2.75) is 37.5 Å². The highest BCUT2D eigenvalue weighted by Gasteiger charge is 2.61. The molecule has 42 heavy (non-hydrogen) atoms. The molecule has 0 aliphatic heterocycles. The van der Waals surface area contributed by atoms with Crippen LogP contribution in [0.1, 0.15) is 48.8 Å². The third kappa shape index (κ3) is 3.31. The van der Waals surface area contributed by atoms with Crippen LogP contribution in [-0.2, 0) is 5.41 Å². The third-order valence-electron chi connectivity index (χ3n) is 10.7. The second-order valence-electron chi connectivity index (χ2n) is 12.8. The standard InChI is InChI=1S/C38H30N4/c39-22-28-12-7-13-32-34(28)31-15-14-27(21-33(31)38(32)29-17-23-16-24(19-29)20-30(38)18-23)37-41-35(25-8-3-1-4-9-25)40-36(42-37)26-10-5-2-6-11-26/h1-15,21,23-24,29-30H,16-20H2. The maximum Gasteiger partial charge on any atom is 0.164 e. The predicted molar refractivity (Wildman–Crippen MR) is 164 cm³/mol. The first-order valence-electron chi connectivity index (χ1n) is 15.3. The van der Waals surface area contributed by atoms with Crippen LogP contribution in [0.15, 0.2) is 97.1 Å². The molecule has 5 aliphatic carbocycles. The van der Waals surface area contributed by atoms with Crippen molar-refractivity contribution in [1.29, 1.82) is 5.26 Å². The van der Waals surface area contributed by atoms with Gasteiger partial charge >= 0.3 is 0 Å². The Balaban J connectivity index is 1.27. The lowest BCUT2D eigenvalue weighted by Gasteiger charge is -2.61. The molecule has 5 aliphatic rings. The van der Waals surface area contributed by atoms with E-state index in [0.29, 0.717) is 29.3 Å². The molecule has 4 bridgehead atoms. The Kier molecular flexibility index (Phi) is 5.11. The number of nitriles is 1. The molecule has 4 fully saturated rings. The highest BCUT2D eigenvalue weighted by atomic mass is 15.0. The fourth-order valence-corrected chi connectivity index (χ4v) is 9.41. The summed E-state index contributed by atoms with van der Waals surface area (Å²) >= 11 is 0. The SMILES string of the molecule is N#Cc1cccc2c1-c1ccc(-c3nc(-c4ccccc4)nc(-c4ccccc4)n3)cc1C21C2CC3CC(C2)CC1C3. The molecule has 10 rings (SSSR count). The zero-order valence-electron chi connectivity index (χ0n) is 23.4. The molecule has 5 aromatic rings. The van der Waals surface area contributed by atoms with Crippen molar-refractivity contribution in [3.63, 3.8) is 0 Å². The van der Waals surface area contributed by atoms with E-state index in [4.69, 9.17) is 15.0 Å². The maximum atomic E-state index is 10.2. The van der Waals surface area contributed by atoms with Crippen LogP contribution in [0.2, 0.25) is 0 Å². The fourth-order valence-electron chi connectivity index (χ4n) is 9.41. The van der Waals surface area contributed by atoms with Gasteiger partial charge in [-0.3, -0.25) is 0 Å². The average Bonchev–Trinajstić information content (AvgIpc) is 3.34. The van der Waals surface area contributed by atoms with Crippen LogP contribution in [-0.4, -0.2) is 15.0 Å². The van der Waals surface area contributed by atoms with Crippen molar-refractivity contribution in [2.24, 2.45) is 23.7 Å². The molecule has 0 saturated heterocycles. The molecular formula is C38H30N4. The van der Waals surface area contributed by atoms with Crippen molar-refractivity contribution in [1.82, 2.24) is 15.0 Å². The minimum atomic E-state index is -0.0293. The smallest absolute Gasteiger partial charge is 0.164 e. The van der Waals surface area contributed by atoms with Crippen LogP contribution >= 0.6 is 0 Å². The van der Waals surface area contributed by atoms with Gasteiger partial charge in [-0.2, -0.15) is 5.26 Å².